The minimum Gasteiger partial charge on any atom is -0.224 e. The van der Waals surface area contributed by atoms with E-state index in [9.17, 15) is 8.42 Å². The normalized spacial score (nSPS) is 28.1. The van der Waals surface area contributed by atoms with Gasteiger partial charge in [-0.1, -0.05) is 6.08 Å². The summed E-state index contributed by atoms with van der Waals surface area (Å²) in [5.41, 5.74) is 0. The van der Waals surface area contributed by atoms with Crippen molar-refractivity contribution in [2.24, 2.45) is 0 Å². The van der Waals surface area contributed by atoms with Crippen LogP contribution in [0.4, 0.5) is 0 Å². The van der Waals surface area contributed by atoms with Crippen molar-refractivity contribution in [1.82, 2.24) is 0 Å². The first-order valence-corrected chi connectivity index (χ1v) is 5.19. The van der Waals surface area contributed by atoms with Gasteiger partial charge in [-0.2, -0.15) is 5.26 Å². The average Bonchev–Trinajstić information content (AvgIpc) is 2.12. The molecule has 3 nitrogen and oxygen atoms in total. The standard InChI is InChI=1S/C5H5NO2S2/c6-4-9-5-1-2-10(7,8)3-5/h1-2,5H,3H2. The predicted octanol–water partition coefficient (Wildman–Crippen LogP) is 0.511. The van der Waals surface area contributed by atoms with E-state index in [0.29, 0.717) is 0 Å². The number of nitriles is 1. The van der Waals surface area contributed by atoms with E-state index in [1.807, 2.05) is 5.40 Å². The largest absolute Gasteiger partial charge is 0.224 e. The second kappa shape index (κ2) is 2.64. The number of hydrogen-bond acceptors (Lipinski definition) is 4. The molecule has 5 heteroatoms. The molecule has 1 heterocycles. The Hall–Kier alpha value is -0.470. The molecule has 0 radical (unpaired) electrons. The van der Waals surface area contributed by atoms with Gasteiger partial charge >= 0.3 is 0 Å². The monoisotopic (exact) mass is 175 g/mol. The summed E-state index contributed by atoms with van der Waals surface area (Å²) >= 11 is 0.981. The number of thiocyanates is 1. The third-order valence-electron chi connectivity index (χ3n) is 1.10. The molecular weight excluding hydrogens is 170 g/mol. The minimum absolute atomic E-state index is 0.0746. The first-order valence-electron chi connectivity index (χ1n) is 2.60. The molecule has 0 bridgehead atoms. The lowest BCUT2D eigenvalue weighted by atomic mass is 10.5. The lowest BCUT2D eigenvalue weighted by molar-refractivity contribution is 0.606. The lowest BCUT2D eigenvalue weighted by Crippen LogP contribution is -2.05. The minimum atomic E-state index is -2.97. The molecule has 0 fully saturated rings. The molecule has 0 aromatic heterocycles. The van der Waals surface area contributed by atoms with Crippen LogP contribution in [-0.2, 0) is 9.84 Å². The third-order valence-corrected chi connectivity index (χ3v) is 3.44. The molecule has 1 atom stereocenters. The summed E-state index contributed by atoms with van der Waals surface area (Å²) in [5, 5.41) is 11.0. The fourth-order valence-electron chi connectivity index (χ4n) is 0.688. The first kappa shape index (κ1) is 7.63. The maximum absolute atomic E-state index is 10.7. The molecule has 0 saturated heterocycles. The van der Waals surface area contributed by atoms with Gasteiger partial charge in [0, 0.05) is 5.41 Å². The zero-order valence-corrected chi connectivity index (χ0v) is 6.65. The number of rotatable bonds is 1. The zero-order chi connectivity index (χ0) is 7.61. The molecule has 0 aromatic rings. The molecule has 54 valence electrons. The van der Waals surface area contributed by atoms with Crippen molar-refractivity contribution >= 4 is 21.6 Å². The summed E-state index contributed by atoms with van der Waals surface area (Å²) in [6, 6.07) is 0. The van der Waals surface area contributed by atoms with Gasteiger partial charge in [-0.25, -0.2) is 8.42 Å². The van der Waals surface area contributed by atoms with Gasteiger partial charge in [0.25, 0.3) is 0 Å². The SMILES string of the molecule is N#CSC1C=CS(=O)(=O)C1. The molecule has 1 rings (SSSR count). The van der Waals surface area contributed by atoms with Crippen molar-refractivity contribution in [2.45, 2.75) is 5.25 Å². The Bertz CT molecular complexity index is 285. The fraction of sp³-hybridized carbons (Fsp3) is 0.400. The van der Waals surface area contributed by atoms with E-state index in [0.717, 1.165) is 11.8 Å². The highest BCUT2D eigenvalue weighted by atomic mass is 32.2. The van der Waals surface area contributed by atoms with Gasteiger partial charge in [0.1, 0.15) is 5.40 Å². The second-order valence-electron chi connectivity index (χ2n) is 1.91. The Morgan fingerprint density at radius 1 is 1.70 bits per heavy atom. The summed E-state index contributed by atoms with van der Waals surface area (Å²) in [5.74, 6) is 0.0746. The van der Waals surface area contributed by atoms with Crippen molar-refractivity contribution in [2.75, 3.05) is 5.75 Å². The van der Waals surface area contributed by atoms with E-state index >= 15 is 0 Å². The average molecular weight is 175 g/mol. The van der Waals surface area contributed by atoms with Crippen LogP contribution in [0.1, 0.15) is 0 Å². The van der Waals surface area contributed by atoms with Crippen LogP contribution < -0.4 is 0 Å². The van der Waals surface area contributed by atoms with E-state index in [4.69, 9.17) is 5.26 Å². The summed E-state index contributed by atoms with van der Waals surface area (Å²) in [7, 11) is -2.97. The van der Waals surface area contributed by atoms with Crippen molar-refractivity contribution in [1.29, 1.82) is 5.26 Å². The topological polar surface area (TPSA) is 57.9 Å². The molecule has 0 spiro atoms. The number of sulfone groups is 1. The van der Waals surface area contributed by atoms with Crippen LogP contribution in [0.15, 0.2) is 11.5 Å². The van der Waals surface area contributed by atoms with Crippen molar-refractivity contribution < 1.29 is 8.42 Å². The summed E-state index contributed by atoms with van der Waals surface area (Å²) in [6.07, 6.45) is 1.54. The van der Waals surface area contributed by atoms with Crippen molar-refractivity contribution in [3.63, 3.8) is 0 Å². The predicted molar refractivity (Wildman–Crippen MR) is 39.9 cm³/mol. The van der Waals surface area contributed by atoms with E-state index in [-0.39, 0.29) is 11.0 Å². The molecule has 0 aliphatic carbocycles. The molecule has 10 heavy (non-hydrogen) atoms. The zero-order valence-electron chi connectivity index (χ0n) is 5.02. The van der Waals surface area contributed by atoms with Gasteiger partial charge in [-0.3, -0.25) is 0 Å². The van der Waals surface area contributed by atoms with E-state index < -0.39 is 9.84 Å². The number of thioether (sulfide) groups is 1. The highest BCUT2D eigenvalue weighted by Crippen LogP contribution is 2.19. The lowest BCUT2D eigenvalue weighted by Gasteiger charge is -1.95. The quantitative estimate of drug-likeness (QED) is 0.545. The smallest absolute Gasteiger partial charge is 0.172 e. The third kappa shape index (κ3) is 1.75. The van der Waals surface area contributed by atoms with Crippen LogP contribution in [-0.4, -0.2) is 19.4 Å². The van der Waals surface area contributed by atoms with E-state index in [2.05, 4.69) is 0 Å². The van der Waals surface area contributed by atoms with Gasteiger partial charge in [0.15, 0.2) is 9.84 Å². The second-order valence-corrected chi connectivity index (χ2v) is 4.86. The van der Waals surface area contributed by atoms with Crippen LogP contribution in [0.25, 0.3) is 0 Å². The van der Waals surface area contributed by atoms with Gasteiger partial charge in [-0.15, -0.1) is 0 Å². The van der Waals surface area contributed by atoms with Crippen molar-refractivity contribution in [3.8, 4) is 5.40 Å². The van der Waals surface area contributed by atoms with Gasteiger partial charge in [0.2, 0.25) is 0 Å². The Labute approximate surface area is 63.6 Å². The van der Waals surface area contributed by atoms with Crippen LogP contribution in [0.3, 0.4) is 0 Å². The first-order chi connectivity index (χ1) is 4.64. The molecule has 1 unspecified atom stereocenters. The maximum atomic E-state index is 10.7. The molecule has 0 amide bonds. The van der Waals surface area contributed by atoms with Crippen molar-refractivity contribution in [3.05, 3.63) is 11.5 Å². The van der Waals surface area contributed by atoms with Gasteiger partial charge < -0.3 is 0 Å². The van der Waals surface area contributed by atoms with E-state index in [1.54, 1.807) is 6.08 Å². The van der Waals surface area contributed by atoms with Crippen LogP contribution in [0.5, 0.6) is 0 Å². The van der Waals surface area contributed by atoms with Crippen LogP contribution in [0.2, 0.25) is 0 Å². The Morgan fingerprint density at radius 3 is 2.80 bits per heavy atom. The summed E-state index contributed by atoms with van der Waals surface area (Å²) in [4.78, 5) is 0. The van der Waals surface area contributed by atoms with E-state index in [1.165, 1.54) is 5.41 Å². The van der Waals surface area contributed by atoms with Gasteiger partial charge in [0.05, 0.1) is 11.0 Å². The van der Waals surface area contributed by atoms with Crippen LogP contribution >= 0.6 is 11.8 Å². The Morgan fingerprint density at radius 2 is 2.40 bits per heavy atom. The molecule has 0 aromatic carbocycles. The Balaban J connectivity index is 2.65. The number of nitrogens with zero attached hydrogens (tertiary/aromatic N) is 1. The molecule has 0 N–H and O–H groups in total. The molecular formula is C5H5NO2S2. The number of hydrogen-bond donors (Lipinski definition) is 0. The fourth-order valence-corrected chi connectivity index (χ4v) is 3.03. The molecule has 1 aliphatic heterocycles. The van der Waals surface area contributed by atoms with Gasteiger partial charge in [-0.05, 0) is 11.8 Å². The molecule has 1 aliphatic rings. The Kier molecular flexibility index (Phi) is 2.02. The molecule has 0 saturated carbocycles. The highest BCUT2D eigenvalue weighted by molar-refractivity contribution is 8.06. The summed E-state index contributed by atoms with van der Waals surface area (Å²) in [6.45, 7) is 0. The maximum Gasteiger partial charge on any atom is 0.172 e. The summed E-state index contributed by atoms with van der Waals surface area (Å²) < 4.78 is 21.4. The highest BCUT2D eigenvalue weighted by Gasteiger charge is 2.21. The van der Waals surface area contributed by atoms with Crippen LogP contribution in [0, 0.1) is 10.7 Å².